The predicted octanol–water partition coefficient (Wildman–Crippen LogP) is 4.72. The van der Waals surface area contributed by atoms with Gasteiger partial charge in [-0.2, -0.15) is 0 Å². The quantitative estimate of drug-likeness (QED) is 0.195. The molecular formula is C32H37NO9. The van der Waals surface area contributed by atoms with Gasteiger partial charge in [0, 0.05) is 34.4 Å². The Morgan fingerprint density at radius 3 is 2.50 bits per heavy atom. The molecule has 4 unspecified atom stereocenters. The monoisotopic (exact) mass is 579 g/mol. The van der Waals surface area contributed by atoms with E-state index in [1.165, 1.54) is 12.1 Å². The van der Waals surface area contributed by atoms with Gasteiger partial charge in [-0.25, -0.2) is 9.59 Å². The van der Waals surface area contributed by atoms with E-state index in [2.05, 4.69) is 0 Å². The minimum Gasteiger partial charge on any atom is -0.508 e. The van der Waals surface area contributed by atoms with E-state index < -0.39 is 35.8 Å². The van der Waals surface area contributed by atoms with Crippen LogP contribution >= 0.6 is 0 Å². The van der Waals surface area contributed by atoms with Crippen LogP contribution in [0.25, 0.3) is 11.0 Å². The lowest BCUT2D eigenvalue weighted by atomic mass is 9.82. The molecule has 0 radical (unpaired) electrons. The topological polar surface area (TPSA) is 159 Å². The fraction of sp³-hybridized carbons (Fsp3) is 0.406. The first kappa shape index (κ1) is 30.8. The number of ketones is 1. The lowest BCUT2D eigenvalue weighted by molar-refractivity contribution is -0.283. The van der Waals surface area contributed by atoms with Gasteiger partial charge in [0.15, 0.2) is 11.9 Å². The van der Waals surface area contributed by atoms with Gasteiger partial charge >= 0.3 is 11.7 Å². The van der Waals surface area contributed by atoms with Crippen molar-refractivity contribution in [2.45, 2.75) is 78.5 Å². The lowest BCUT2D eigenvalue weighted by Gasteiger charge is -2.47. The minimum absolute atomic E-state index is 0.0999. The van der Waals surface area contributed by atoms with Crippen molar-refractivity contribution in [3.8, 4) is 11.5 Å². The maximum Gasteiger partial charge on any atom is 0.404 e. The number of ether oxygens (including phenoxy) is 3. The van der Waals surface area contributed by atoms with E-state index in [4.69, 9.17) is 24.4 Å². The summed E-state index contributed by atoms with van der Waals surface area (Å²) in [6, 6.07) is 9.57. The molecule has 4 atom stereocenters. The third-order valence-electron chi connectivity index (χ3n) is 7.78. The maximum atomic E-state index is 13.1. The van der Waals surface area contributed by atoms with E-state index in [0.717, 1.165) is 5.57 Å². The number of primary amides is 1. The largest absolute Gasteiger partial charge is 0.508 e. The molecule has 224 valence electrons. The summed E-state index contributed by atoms with van der Waals surface area (Å²) < 4.78 is 22.8. The second kappa shape index (κ2) is 12.0. The number of rotatable bonds is 8. The van der Waals surface area contributed by atoms with Gasteiger partial charge in [-0.15, -0.1) is 0 Å². The molecule has 10 heteroatoms. The van der Waals surface area contributed by atoms with Crippen molar-refractivity contribution in [3.63, 3.8) is 0 Å². The molecule has 2 aromatic carbocycles. The summed E-state index contributed by atoms with van der Waals surface area (Å²) in [7, 11) is 0. The normalized spacial score (nSPS) is 21.5. The molecule has 1 aromatic heterocycles. The number of carbonyl (C=O) groups excluding carboxylic acids is 2. The summed E-state index contributed by atoms with van der Waals surface area (Å²) >= 11 is 0. The summed E-state index contributed by atoms with van der Waals surface area (Å²) in [5.74, 6) is -0.287. The number of hydrogen-bond acceptors (Lipinski definition) is 9. The Labute approximate surface area is 243 Å². The van der Waals surface area contributed by atoms with Crippen LogP contribution in [0.1, 0.15) is 61.7 Å². The Balaban J connectivity index is 1.58. The Morgan fingerprint density at radius 1 is 1.12 bits per heavy atom. The zero-order chi connectivity index (χ0) is 30.9. The highest BCUT2D eigenvalue weighted by Crippen LogP contribution is 2.38. The lowest BCUT2D eigenvalue weighted by Crippen LogP contribution is -2.61. The maximum absolute atomic E-state index is 13.1. The first-order valence-corrected chi connectivity index (χ1v) is 13.7. The van der Waals surface area contributed by atoms with Gasteiger partial charge < -0.3 is 34.6 Å². The van der Waals surface area contributed by atoms with Crippen LogP contribution in [0.3, 0.4) is 0 Å². The molecule has 0 saturated carbocycles. The first-order chi connectivity index (χ1) is 19.7. The first-order valence-electron chi connectivity index (χ1n) is 13.7. The molecule has 1 aliphatic heterocycles. The zero-order valence-corrected chi connectivity index (χ0v) is 24.6. The van der Waals surface area contributed by atoms with Crippen LogP contribution in [0.15, 0.2) is 57.3 Å². The molecule has 0 bridgehead atoms. The number of hydrogen-bond donors (Lipinski definition) is 3. The number of benzene rings is 2. The molecule has 0 aliphatic carbocycles. The van der Waals surface area contributed by atoms with Gasteiger partial charge in [0.25, 0.3) is 0 Å². The van der Waals surface area contributed by atoms with Gasteiger partial charge in [0.2, 0.25) is 6.29 Å². The third kappa shape index (κ3) is 6.50. The van der Waals surface area contributed by atoms with Crippen molar-refractivity contribution in [1.82, 2.24) is 0 Å². The minimum atomic E-state index is -1.33. The SMILES string of the molecule is CC(C)=CCc1cc(C(=O)Cc2cc3ccc(OC4OC(C)(C)C(C)C(OC(N)=O)C4O)c(C)c3oc2=O)ccc1O. The number of fused-ring (bicyclic) bond motifs is 1. The Hall–Kier alpha value is -4.15. The molecule has 1 fully saturated rings. The van der Waals surface area contributed by atoms with E-state index in [0.29, 0.717) is 28.5 Å². The number of aliphatic hydroxyl groups excluding tert-OH is 1. The number of Topliss-reactive ketones (excluding diaryl/α,β-unsaturated/α-hetero) is 1. The van der Waals surface area contributed by atoms with Crippen LogP contribution in [0.2, 0.25) is 0 Å². The number of allylic oxidation sites excluding steroid dienone is 2. The summed E-state index contributed by atoms with van der Waals surface area (Å²) in [5, 5.41) is 21.6. The van der Waals surface area contributed by atoms with Crippen LogP contribution in [0, 0.1) is 12.8 Å². The van der Waals surface area contributed by atoms with Gasteiger partial charge in [-0.3, -0.25) is 4.79 Å². The van der Waals surface area contributed by atoms with Crippen LogP contribution in [-0.2, 0) is 22.3 Å². The zero-order valence-electron chi connectivity index (χ0n) is 24.6. The number of phenolic OH excluding ortho intramolecular Hbond substituents is 1. The van der Waals surface area contributed by atoms with Crippen molar-refractivity contribution in [3.05, 3.63) is 80.7 Å². The van der Waals surface area contributed by atoms with Crippen molar-refractivity contribution < 1.29 is 38.4 Å². The fourth-order valence-electron chi connectivity index (χ4n) is 4.96. The van der Waals surface area contributed by atoms with E-state index in [-0.39, 0.29) is 40.8 Å². The van der Waals surface area contributed by atoms with Crippen LogP contribution < -0.4 is 16.1 Å². The number of aryl methyl sites for hydroxylation is 1. The third-order valence-corrected chi connectivity index (χ3v) is 7.78. The number of aliphatic hydroxyl groups is 1. The van der Waals surface area contributed by atoms with E-state index in [1.807, 2.05) is 19.9 Å². The number of aromatic hydroxyl groups is 1. The smallest absolute Gasteiger partial charge is 0.404 e. The average molecular weight is 580 g/mol. The molecule has 1 amide bonds. The van der Waals surface area contributed by atoms with E-state index in [9.17, 15) is 24.6 Å². The molecule has 1 saturated heterocycles. The Morgan fingerprint density at radius 2 is 1.83 bits per heavy atom. The second-order valence-corrected chi connectivity index (χ2v) is 11.5. The summed E-state index contributed by atoms with van der Waals surface area (Å²) in [6.45, 7) is 10.9. The van der Waals surface area contributed by atoms with Crippen molar-refractivity contribution in [2.24, 2.45) is 11.7 Å². The van der Waals surface area contributed by atoms with Crippen molar-refractivity contribution >= 4 is 22.8 Å². The summed E-state index contributed by atoms with van der Waals surface area (Å²) in [5.41, 5.74) is 6.73. The number of phenols is 1. The standard InChI is InChI=1S/C32H37NO9/c1-16(2)7-8-19-13-20(9-11-23(19)34)24(35)15-22-14-21-10-12-25(17(3)27(21)40-29(22)37)39-30-26(36)28(41-31(33)38)18(4)32(5,6)42-30/h7,9-14,18,26,28,30,34,36H,8,15H2,1-6H3,(H2,33,38). The highest BCUT2D eigenvalue weighted by atomic mass is 16.7. The molecular weight excluding hydrogens is 542 g/mol. The van der Waals surface area contributed by atoms with Crippen LogP contribution in [0.4, 0.5) is 4.79 Å². The average Bonchev–Trinajstić information content (AvgIpc) is 2.91. The fourth-order valence-corrected chi connectivity index (χ4v) is 4.96. The van der Waals surface area contributed by atoms with Gasteiger partial charge in [-0.1, -0.05) is 18.6 Å². The molecule has 4 N–H and O–H groups in total. The molecule has 0 spiro atoms. The van der Waals surface area contributed by atoms with Gasteiger partial charge in [0.05, 0.1) is 5.60 Å². The molecule has 4 rings (SSSR count). The van der Waals surface area contributed by atoms with Crippen molar-refractivity contribution in [1.29, 1.82) is 0 Å². The molecule has 10 nitrogen and oxygen atoms in total. The highest BCUT2D eigenvalue weighted by Gasteiger charge is 2.50. The van der Waals surface area contributed by atoms with Crippen LogP contribution in [-0.4, -0.2) is 46.2 Å². The Bertz CT molecular complexity index is 1600. The predicted molar refractivity (Wildman–Crippen MR) is 156 cm³/mol. The number of amides is 1. The van der Waals surface area contributed by atoms with Crippen molar-refractivity contribution in [2.75, 3.05) is 0 Å². The van der Waals surface area contributed by atoms with Gasteiger partial charge in [0.1, 0.15) is 23.2 Å². The van der Waals surface area contributed by atoms with E-state index >= 15 is 0 Å². The number of carbonyl (C=O) groups is 2. The molecule has 1 aliphatic rings. The van der Waals surface area contributed by atoms with Crippen LogP contribution in [0.5, 0.6) is 11.5 Å². The summed E-state index contributed by atoms with van der Waals surface area (Å²) in [4.78, 5) is 37.5. The summed E-state index contributed by atoms with van der Waals surface area (Å²) in [6.07, 6.45) is -2.27. The number of nitrogens with two attached hydrogens (primary N) is 1. The Kier molecular flexibility index (Phi) is 8.79. The molecule has 2 heterocycles. The second-order valence-electron chi connectivity index (χ2n) is 11.5. The van der Waals surface area contributed by atoms with Gasteiger partial charge in [-0.05, 0) is 83.0 Å². The highest BCUT2D eigenvalue weighted by molar-refractivity contribution is 5.98. The molecule has 42 heavy (non-hydrogen) atoms. The van der Waals surface area contributed by atoms with E-state index in [1.54, 1.807) is 52.0 Å². The molecule has 3 aromatic rings.